The summed E-state index contributed by atoms with van der Waals surface area (Å²) in [5.74, 6) is 0.800. The van der Waals surface area contributed by atoms with Gasteiger partial charge in [-0.25, -0.2) is 0 Å². The summed E-state index contributed by atoms with van der Waals surface area (Å²) in [6, 6.07) is 18.4. The molecular weight excluding hydrogens is 442 g/mol. The van der Waals surface area contributed by atoms with Crippen LogP contribution in [0.2, 0.25) is 18.1 Å². The van der Waals surface area contributed by atoms with Crippen LogP contribution in [-0.4, -0.2) is 18.6 Å². The molecule has 2 aromatic carbocycles. The topological polar surface area (TPSA) is 31.4 Å². The van der Waals surface area contributed by atoms with Crippen molar-refractivity contribution in [2.75, 3.05) is 5.33 Å². The largest absolute Gasteiger partial charge is 0.487 e. The third-order valence-electron chi connectivity index (χ3n) is 5.73. The Bertz CT molecular complexity index is 954. The summed E-state index contributed by atoms with van der Waals surface area (Å²) in [5, 5.41) is 1.98. The number of halogens is 1. The van der Waals surface area contributed by atoms with Gasteiger partial charge in [0.15, 0.2) is 8.32 Å². The van der Waals surface area contributed by atoms with Crippen LogP contribution in [0.5, 0.6) is 5.75 Å². The number of hydrogen-bond acceptors (Lipinski definition) is 3. The summed E-state index contributed by atoms with van der Waals surface area (Å²) in [6.07, 6.45) is 1.80. The quantitative estimate of drug-likeness (QED) is 0.268. The Morgan fingerprint density at radius 3 is 2.38 bits per heavy atom. The molecule has 0 bridgehead atoms. The monoisotopic (exact) mass is 471 g/mol. The van der Waals surface area contributed by atoms with Crippen molar-refractivity contribution >= 4 is 35.2 Å². The van der Waals surface area contributed by atoms with Crippen molar-refractivity contribution < 1.29 is 9.16 Å². The molecule has 1 aromatic heterocycles. The number of nitrogens with zero attached hydrogens (tertiary/aromatic N) is 1. The first-order chi connectivity index (χ1) is 13.7. The van der Waals surface area contributed by atoms with Crippen molar-refractivity contribution in [2.45, 2.75) is 51.6 Å². The van der Waals surface area contributed by atoms with E-state index < -0.39 is 8.32 Å². The minimum absolute atomic E-state index is 0.0224. The van der Waals surface area contributed by atoms with Crippen LogP contribution in [0, 0.1) is 0 Å². The van der Waals surface area contributed by atoms with E-state index in [0.717, 1.165) is 33.1 Å². The number of rotatable bonds is 7. The molecule has 0 saturated heterocycles. The molecule has 154 valence electrons. The van der Waals surface area contributed by atoms with Gasteiger partial charge in [0.25, 0.3) is 0 Å². The molecule has 0 spiro atoms. The van der Waals surface area contributed by atoms with Gasteiger partial charge in [-0.1, -0.05) is 79.2 Å². The Balaban J connectivity index is 1.93. The number of aromatic nitrogens is 1. The first-order valence-corrected chi connectivity index (χ1v) is 14.0. The highest BCUT2D eigenvalue weighted by Gasteiger charge is 2.39. The lowest BCUT2D eigenvalue weighted by atomic mass is 10.0. The molecule has 1 heterocycles. The molecule has 0 aliphatic carbocycles. The van der Waals surface area contributed by atoms with E-state index in [4.69, 9.17) is 9.16 Å². The summed E-state index contributed by atoms with van der Waals surface area (Å²) in [6.45, 7) is 11.9. The van der Waals surface area contributed by atoms with Crippen molar-refractivity contribution in [1.82, 2.24) is 4.98 Å². The van der Waals surface area contributed by atoms with Crippen molar-refractivity contribution in [1.29, 1.82) is 0 Å². The van der Waals surface area contributed by atoms with Crippen LogP contribution in [0.1, 0.15) is 38.0 Å². The van der Waals surface area contributed by atoms with Gasteiger partial charge in [0, 0.05) is 16.9 Å². The zero-order valence-corrected chi connectivity index (χ0v) is 20.5. The van der Waals surface area contributed by atoms with E-state index >= 15 is 0 Å². The highest BCUT2D eigenvalue weighted by molar-refractivity contribution is 9.09. The minimum atomic E-state index is -1.91. The summed E-state index contributed by atoms with van der Waals surface area (Å²) < 4.78 is 12.9. The second kappa shape index (κ2) is 8.98. The molecule has 3 aromatic rings. The zero-order valence-electron chi connectivity index (χ0n) is 17.9. The molecule has 0 saturated carbocycles. The lowest BCUT2D eigenvalue weighted by Crippen LogP contribution is -2.42. The maximum absolute atomic E-state index is 6.74. The summed E-state index contributed by atoms with van der Waals surface area (Å²) in [5.41, 5.74) is 3.17. The van der Waals surface area contributed by atoms with Crippen LogP contribution >= 0.6 is 15.9 Å². The molecule has 0 aliphatic rings. The predicted molar refractivity (Wildman–Crippen MR) is 127 cm³/mol. The number of ether oxygens (including phenoxy) is 1. The van der Waals surface area contributed by atoms with Gasteiger partial charge in [0.2, 0.25) is 0 Å². The SMILES string of the molecule is CC(C)(C)[Si](C)(C)O[C@@H](CBr)c1ccc(OCc2ccccc2)c2ncccc12. The summed E-state index contributed by atoms with van der Waals surface area (Å²) >= 11 is 3.68. The fraction of sp³-hybridized carbons (Fsp3) is 0.375. The van der Waals surface area contributed by atoms with Gasteiger partial charge in [0.1, 0.15) is 17.9 Å². The fourth-order valence-corrected chi connectivity index (χ4v) is 5.01. The van der Waals surface area contributed by atoms with Crippen LogP contribution in [0.15, 0.2) is 60.8 Å². The Labute approximate surface area is 183 Å². The molecule has 3 rings (SSSR count). The number of pyridine rings is 1. The fourth-order valence-electron chi connectivity index (χ4n) is 3.01. The van der Waals surface area contributed by atoms with E-state index in [0.29, 0.717) is 6.61 Å². The average molecular weight is 472 g/mol. The molecule has 0 amide bonds. The molecule has 29 heavy (non-hydrogen) atoms. The maximum Gasteiger partial charge on any atom is 0.192 e. The standard InChI is InChI=1S/C24H30BrNO2Si/c1-24(2,3)29(4,5)28-22(16-25)19-13-14-21(23-20(19)12-9-15-26-23)27-17-18-10-7-6-8-11-18/h6-15,22H,16-17H2,1-5H3/t22-/m0/s1. The van der Waals surface area contributed by atoms with Crippen molar-refractivity contribution in [3.8, 4) is 5.75 Å². The third kappa shape index (κ3) is 5.08. The summed E-state index contributed by atoms with van der Waals surface area (Å²) in [4.78, 5) is 4.63. The first-order valence-electron chi connectivity index (χ1n) is 10.0. The molecule has 0 aliphatic heterocycles. The Morgan fingerprint density at radius 2 is 1.72 bits per heavy atom. The normalized spacial score (nSPS) is 13.4. The van der Waals surface area contributed by atoms with Gasteiger partial charge >= 0.3 is 0 Å². The Kier molecular flexibility index (Phi) is 6.82. The van der Waals surface area contributed by atoms with Crippen LogP contribution in [0.3, 0.4) is 0 Å². The number of benzene rings is 2. The van der Waals surface area contributed by atoms with Crippen LogP contribution in [0.4, 0.5) is 0 Å². The van der Waals surface area contributed by atoms with Crippen molar-refractivity contribution in [2.24, 2.45) is 0 Å². The smallest absolute Gasteiger partial charge is 0.192 e. The Morgan fingerprint density at radius 1 is 1.00 bits per heavy atom. The highest BCUT2D eigenvalue weighted by atomic mass is 79.9. The van der Waals surface area contributed by atoms with E-state index in [1.165, 1.54) is 0 Å². The molecule has 0 unspecified atom stereocenters. The van der Waals surface area contributed by atoms with Gasteiger partial charge in [-0.2, -0.15) is 0 Å². The van der Waals surface area contributed by atoms with Gasteiger partial charge in [-0.05, 0) is 41.4 Å². The minimum Gasteiger partial charge on any atom is -0.487 e. The van der Waals surface area contributed by atoms with E-state index in [-0.39, 0.29) is 11.1 Å². The van der Waals surface area contributed by atoms with Gasteiger partial charge in [0.05, 0.1) is 6.10 Å². The molecule has 3 nitrogen and oxygen atoms in total. The molecule has 5 heteroatoms. The predicted octanol–water partition coefficient (Wildman–Crippen LogP) is 7.27. The number of hydrogen-bond donors (Lipinski definition) is 0. The zero-order chi connectivity index (χ0) is 21.1. The third-order valence-corrected chi connectivity index (χ3v) is 10.8. The Hall–Kier alpha value is -1.69. The second-order valence-corrected chi connectivity index (χ2v) is 14.3. The number of alkyl halides is 1. The van der Waals surface area contributed by atoms with Crippen molar-refractivity contribution in [3.63, 3.8) is 0 Å². The number of fused-ring (bicyclic) bond motifs is 1. The van der Waals surface area contributed by atoms with Crippen LogP contribution in [-0.2, 0) is 11.0 Å². The van der Waals surface area contributed by atoms with E-state index in [9.17, 15) is 0 Å². The van der Waals surface area contributed by atoms with E-state index in [1.54, 1.807) is 0 Å². The van der Waals surface area contributed by atoms with Gasteiger partial charge < -0.3 is 9.16 Å². The van der Waals surface area contributed by atoms with Gasteiger partial charge in [-0.15, -0.1) is 0 Å². The molecule has 0 N–H and O–H groups in total. The van der Waals surface area contributed by atoms with Crippen molar-refractivity contribution in [3.05, 3.63) is 71.9 Å². The van der Waals surface area contributed by atoms with E-state index in [1.807, 2.05) is 36.5 Å². The lowest BCUT2D eigenvalue weighted by Gasteiger charge is -2.39. The highest BCUT2D eigenvalue weighted by Crippen LogP contribution is 2.41. The van der Waals surface area contributed by atoms with Crippen LogP contribution < -0.4 is 4.74 Å². The average Bonchev–Trinajstić information content (AvgIpc) is 2.70. The van der Waals surface area contributed by atoms with Gasteiger partial charge in [-0.3, -0.25) is 4.98 Å². The van der Waals surface area contributed by atoms with Crippen LogP contribution in [0.25, 0.3) is 10.9 Å². The molecule has 0 radical (unpaired) electrons. The molecular formula is C24H30BrNO2Si. The first kappa shape index (κ1) is 22.0. The maximum atomic E-state index is 6.74. The molecule has 0 fully saturated rings. The second-order valence-electron chi connectivity index (χ2n) is 8.85. The summed E-state index contributed by atoms with van der Waals surface area (Å²) in [7, 11) is -1.91. The van der Waals surface area contributed by atoms with E-state index in [2.05, 4.69) is 79.0 Å². The molecule has 1 atom stereocenters. The lowest BCUT2D eigenvalue weighted by molar-refractivity contribution is 0.210.